The zero-order valence-electron chi connectivity index (χ0n) is 19.0. The lowest BCUT2D eigenvalue weighted by molar-refractivity contribution is -0.118. The van der Waals surface area contributed by atoms with Crippen molar-refractivity contribution >= 4 is 41.1 Å². The van der Waals surface area contributed by atoms with E-state index in [-0.39, 0.29) is 23.7 Å². The van der Waals surface area contributed by atoms with Gasteiger partial charge in [-0.25, -0.2) is 14.8 Å². The number of nitrogens with one attached hydrogen (secondary N) is 2. The first-order chi connectivity index (χ1) is 15.5. The molecule has 11 heteroatoms. The zero-order chi connectivity index (χ0) is 22.9. The second kappa shape index (κ2) is 12.5. The van der Waals surface area contributed by atoms with Crippen LogP contribution >= 0.6 is 23.4 Å². The van der Waals surface area contributed by atoms with Crippen molar-refractivity contribution in [2.75, 3.05) is 63.0 Å². The van der Waals surface area contributed by atoms with Gasteiger partial charge in [-0.2, -0.15) is 0 Å². The SMILES string of the molecule is CCCNC(=O)N1CCN(c2cc(Cl)nc(SCC(=O)NCCN3CCCC3)n2)CC1C. The van der Waals surface area contributed by atoms with Gasteiger partial charge in [0.2, 0.25) is 5.91 Å². The number of thioether (sulfide) groups is 1. The number of hydrogen-bond acceptors (Lipinski definition) is 7. The number of hydrogen-bond donors (Lipinski definition) is 2. The van der Waals surface area contributed by atoms with Gasteiger partial charge in [0.05, 0.1) is 5.75 Å². The molecule has 178 valence electrons. The molecule has 2 fully saturated rings. The average Bonchev–Trinajstić information content (AvgIpc) is 3.29. The van der Waals surface area contributed by atoms with Crippen molar-refractivity contribution in [3.8, 4) is 0 Å². The fourth-order valence-electron chi connectivity index (χ4n) is 3.95. The highest BCUT2D eigenvalue weighted by atomic mass is 35.5. The van der Waals surface area contributed by atoms with Crippen LogP contribution in [0.2, 0.25) is 5.15 Å². The predicted octanol–water partition coefficient (Wildman–Crippen LogP) is 2.06. The van der Waals surface area contributed by atoms with E-state index in [2.05, 4.69) is 30.4 Å². The minimum atomic E-state index is -0.0281. The van der Waals surface area contributed by atoms with Gasteiger partial charge in [-0.3, -0.25) is 4.79 Å². The second-order valence-electron chi connectivity index (χ2n) is 8.24. The van der Waals surface area contributed by atoms with E-state index in [1.54, 1.807) is 6.07 Å². The number of urea groups is 1. The minimum Gasteiger partial charge on any atom is -0.354 e. The number of rotatable bonds is 9. The van der Waals surface area contributed by atoms with Crippen LogP contribution in [0.15, 0.2) is 11.2 Å². The highest BCUT2D eigenvalue weighted by molar-refractivity contribution is 7.99. The van der Waals surface area contributed by atoms with Gasteiger partial charge in [-0.15, -0.1) is 0 Å². The molecule has 1 aromatic heterocycles. The molecule has 1 aromatic rings. The van der Waals surface area contributed by atoms with Gasteiger partial charge in [0, 0.05) is 51.4 Å². The van der Waals surface area contributed by atoms with Crippen molar-refractivity contribution in [1.82, 2.24) is 30.4 Å². The van der Waals surface area contributed by atoms with Crippen LogP contribution in [0.4, 0.5) is 10.6 Å². The third kappa shape index (κ3) is 7.38. The molecule has 2 aliphatic rings. The normalized spacial score (nSPS) is 19.3. The molecule has 0 spiro atoms. The Morgan fingerprint density at radius 3 is 2.66 bits per heavy atom. The van der Waals surface area contributed by atoms with E-state index in [0.717, 1.165) is 31.9 Å². The lowest BCUT2D eigenvalue weighted by atomic mass is 10.2. The smallest absolute Gasteiger partial charge is 0.317 e. The van der Waals surface area contributed by atoms with Crippen LogP contribution in [0.3, 0.4) is 0 Å². The Hall–Kier alpha value is -1.78. The number of nitrogens with zero attached hydrogens (tertiary/aromatic N) is 5. The summed E-state index contributed by atoms with van der Waals surface area (Å²) in [6.07, 6.45) is 3.41. The van der Waals surface area contributed by atoms with Crippen LogP contribution in [-0.2, 0) is 4.79 Å². The Labute approximate surface area is 199 Å². The third-order valence-corrected chi connectivity index (χ3v) is 6.72. The van der Waals surface area contributed by atoms with Crippen LogP contribution in [0.1, 0.15) is 33.1 Å². The molecule has 1 atom stereocenters. The van der Waals surface area contributed by atoms with Crippen molar-refractivity contribution in [2.24, 2.45) is 0 Å². The van der Waals surface area contributed by atoms with Gasteiger partial charge in [-0.1, -0.05) is 30.3 Å². The maximum absolute atomic E-state index is 12.3. The Balaban J connectivity index is 1.48. The highest BCUT2D eigenvalue weighted by Crippen LogP contribution is 2.24. The average molecular weight is 484 g/mol. The quantitative estimate of drug-likeness (QED) is 0.315. The molecule has 0 aliphatic carbocycles. The van der Waals surface area contributed by atoms with Crippen molar-refractivity contribution in [1.29, 1.82) is 0 Å². The highest BCUT2D eigenvalue weighted by Gasteiger charge is 2.28. The first-order valence-corrected chi connectivity index (χ1v) is 12.8. The molecule has 32 heavy (non-hydrogen) atoms. The summed E-state index contributed by atoms with van der Waals surface area (Å²) in [7, 11) is 0. The van der Waals surface area contributed by atoms with Crippen molar-refractivity contribution in [3.05, 3.63) is 11.2 Å². The van der Waals surface area contributed by atoms with Crippen LogP contribution in [0.25, 0.3) is 0 Å². The molecule has 0 radical (unpaired) electrons. The largest absolute Gasteiger partial charge is 0.354 e. The first kappa shape index (κ1) is 24.9. The van der Waals surface area contributed by atoms with E-state index in [4.69, 9.17) is 11.6 Å². The Morgan fingerprint density at radius 2 is 1.94 bits per heavy atom. The van der Waals surface area contributed by atoms with Gasteiger partial charge < -0.3 is 25.3 Å². The van der Waals surface area contributed by atoms with E-state index in [0.29, 0.717) is 43.0 Å². The molecular formula is C21H34ClN7O2S. The fourth-order valence-corrected chi connectivity index (χ4v) is 4.86. The van der Waals surface area contributed by atoms with Crippen molar-refractivity contribution in [2.45, 2.75) is 44.3 Å². The molecule has 0 saturated carbocycles. The number of carbonyl (C=O) groups excluding carboxylic acids is 2. The fraction of sp³-hybridized carbons (Fsp3) is 0.714. The van der Waals surface area contributed by atoms with Crippen molar-refractivity contribution < 1.29 is 9.59 Å². The number of anilines is 1. The van der Waals surface area contributed by atoms with Crippen LogP contribution < -0.4 is 15.5 Å². The molecule has 0 bridgehead atoms. The van der Waals surface area contributed by atoms with E-state index in [1.807, 2.05) is 18.7 Å². The number of carbonyl (C=O) groups is 2. The lowest BCUT2D eigenvalue weighted by Gasteiger charge is -2.40. The standard InChI is InChI=1S/C21H34ClN7O2S/c1-3-6-24-21(31)29-12-11-28(14-16(29)2)18-13-17(22)25-20(26-18)32-15-19(30)23-7-10-27-8-4-5-9-27/h13,16H,3-12,14-15H2,1-2H3,(H,23,30)(H,24,31). The second-order valence-corrected chi connectivity index (χ2v) is 9.57. The van der Waals surface area contributed by atoms with Gasteiger partial charge in [0.1, 0.15) is 11.0 Å². The van der Waals surface area contributed by atoms with Gasteiger partial charge in [0.25, 0.3) is 0 Å². The summed E-state index contributed by atoms with van der Waals surface area (Å²) in [5.41, 5.74) is 0. The lowest BCUT2D eigenvalue weighted by Crippen LogP contribution is -2.56. The third-order valence-electron chi connectivity index (χ3n) is 5.68. The summed E-state index contributed by atoms with van der Waals surface area (Å²) in [6, 6.07) is 1.76. The summed E-state index contributed by atoms with van der Waals surface area (Å²) in [5, 5.41) is 6.74. The number of halogens is 1. The van der Waals surface area contributed by atoms with E-state index >= 15 is 0 Å². The zero-order valence-corrected chi connectivity index (χ0v) is 20.6. The molecule has 3 amide bonds. The minimum absolute atomic E-state index is 0.0216. The topological polar surface area (TPSA) is 93.7 Å². The summed E-state index contributed by atoms with van der Waals surface area (Å²) in [5.74, 6) is 0.948. The molecule has 2 saturated heterocycles. The van der Waals surface area contributed by atoms with E-state index in [1.165, 1.54) is 24.6 Å². The summed E-state index contributed by atoms with van der Waals surface area (Å²) < 4.78 is 0. The van der Waals surface area contributed by atoms with Gasteiger partial charge in [-0.05, 0) is 39.3 Å². The molecule has 3 heterocycles. The molecule has 2 N–H and O–H groups in total. The molecule has 3 rings (SSSR count). The van der Waals surface area contributed by atoms with E-state index in [9.17, 15) is 9.59 Å². The summed E-state index contributed by atoms with van der Waals surface area (Å²) >= 11 is 7.53. The van der Waals surface area contributed by atoms with Crippen molar-refractivity contribution in [3.63, 3.8) is 0 Å². The maximum Gasteiger partial charge on any atom is 0.317 e. The monoisotopic (exact) mass is 483 g/mol. The predicted molar refractivity (Wildman–Crippen MR) is 129 cm³/mol. The Bertz CT molecular complexity index is 779. The number of piperazine rings is 1. The number of aromatic nitrogens is 2. The first-order valence-electron chi connectivity index (χ1n) is 11.4. The number of likely N-dealkylation sites (tertiary alicyclic amines) is 1. The molecular weight excluding hydrogens is 450 g/mol. The van der Waals surface area contributed by atoms with Crippen LogP contribution in [-0.4, -0.2) is 95.9 Å². The Morgan fingerprint density at radius 1 is 1.16 bits per heavy atom. The van der Waals surface area contributed by atoms with Crippen LogP contribution in [0.5, 0.6) is 0 Å². The number of amides is 3. The van der Waals surface area contributed by atoms with E-state index < -0.39 is 0 Å². The molecule has 9 nitrogen and oxygen atoms in total. The molecule has 0 aromatic carbocycles. The van der Waals surface area contributed by atoms with Gasteiger partial charge in [0.15, 0.2) is 5.16 Å². The Kier molecular flexibility index (Phi) is 9.68. The molecule has 2 aliphatic heterocycles. The molecule has 1 unspecified atom stereocenters. The summed E-state index contributed by atoms with van der Waals surface area (Å²) in [6.45, 7) is 10.5. The van der Waals surface area contributed by atoms with Crippen LogP contribution in [0, 0.1) is 0 Å². The van der Waals surface area contributed by atoms with Gasteiger partial charge >= 0.3 is 6.03 Å². The summed E-state index contributed by atoms with van der Waals surface area (Å²) in [4.78, 5) is 39.7. The maximum atomic E-state index is 12.3.